The molecule has 37 heavy (non-hydrogen) atoms. The molecule has 0 spiro atoms. The van der Waals surface area contributed by atoms with Gasteiger partial charge in [-0.15, -0.1) is 0 Å². The summed E-state index contributed by atoms with van der Waals surface area (Å²) < 4.78 is 17.2. The number of aliphatic carboxylic acids is 1. The Morgan fingerprint density at radius 2 is 1.86 bits per heavy atom. The third kappa shape index (κ3) is 6.66. The maximum atomic E-state index is 12.9. The van der Waals surface area contributed by atoms with E-state index in [9.17, 15) is 14.7 Å². The molecule has 3 aromatic carbocycles. The first kappa shape index (κ1) is 25.7. The fraction of sp³-hybridized carbons (Fsp3) is 0.276. The molecular weight excluding hydrogens is 472 g/mol. The smallest absolute Gasteiger partial charge is 0.333 e. The highest BCUT2D eigenvalue weighted by Crippen LogP contribution is 2.27. The van der Waals surface area contributed by atoms with E-state index in [0.29, 0.717) is 35.7 Å². The standard InChI is InChI=1S/C29H28N2O6/c1-20(31-19-37-26-16-23(17-30)9-12-25(26)28(31)32)13-14-35-24-10-7-21(8-11-24)15-27(29(33)34)36-18-22-5-3-2-4-6-22/h2-12,16,20,27H,13-15,18-19H2,1H3,(H,33,34). The molecule has 3 aromatic rings. The van der Waals surface area contributed by atoms with Crippen molar-refractivity contribution in [3.05, 3.63) is 95.1 Å². The van der Waals surface area contributed by atoms with Gasteiger partial charge in [-0.3, -0.25) is 4.79 Å². The predicted molar refractivity (Wildman–Crippen MR) is 135 cm³/mol. The topological polar surface area (TPSA) is 109 Å². The first-order valence-electron chi connectivity index (χ1n) is 12.0. The van der Waals surface area contributed by atoms with Crippen LogP contribution in [0.25, 0.3) is 0 Å². The number of nitrogens with zero attached hydrogens (tertiary/aromatic N) is 2. The lowest BCUT2D eigenvalue weighted by Crippen LogP contribution is -2.44. The molecule has 1 N–H and O–H groups in total. The van der Waals surface area contributed by atoms with Gasteiger partial charge in [-0.25, -0.2) is 4.79 Å². The Labute approximate surface area is 215 Å². The van der Waals surface area contributed by atoms with Crippen molar-refractivity contribution < 1.29 is 28.9 Å². The van der Waals surface area contributed by atoms with Gasteiger partial charge in [0.05, 0.1) is 30.4 Å². The zero-order valence-corrected chi connectivity index (χ0v) is 20.5. The summed E-state index contributed by atoms with van der Waals surface area (Å²) in [5.41, 5.74) is 2.64. The van der Waals surface area contributed by atoms with Gasteiger partial charge in [0.25, 0.3) is 5.91 Å². The monoisotopic (exact) mass is 500 g/mol. The molecule has 0 aliphatic carbocycles. The number of amides is 1. The molecule has 8 heteroatoms. The molecule has 190 valence electrons. The first-order valence-corrected chi connectivity index (χ1v) is 12.0. The van der Waals surface area contributed by atoms with E-state index in [1.165, 1.54) is 0 Å². The number of fused-ring (bicyclic) bond motifs is 1. The van der Waals surface area contributed by atoms with Crippen LogP contribution < -0.4 is 9.47 Å². The molecule has 4 rings (SSSR count). The van der Waals surface area contributed by atoms with E-state index in [1.54, 1.807) is 35.2 Å². The van der Waals surface area contributed by atoms with Crippen LogP contribution in [0.3, 0.4) is 0 Å². The molecule has 1 aliphatic rings. The Hall–Kier alpha value is -4.35. The SMILES string of the molecule is CC(CCOc1ccc(CC(OCc2ccccc2)C(=O)O)cc1)N1COc2cc(C#N)ccc2C1=O. The van der Waals surface area contributed by atoms with Gasteiger partial charge in [0.2, 0.25) is 0 Å². The van der Waals surface area contributed by atoms with Crippen molar-refractivity contribution in [3.63, 3.8) is 0 Å². The Bertz CT molecular complexity index is 1270. The van der Waals surface area contributed by atoms with Crippen molar-refractivity contribution in [1.29, 1.82) is 5.26 Å². The number of benzene rings is 3. The second-order valence-electron chi connectivity index (χ2n) is 8.83. The van der Waals surface area contributed by atoms with Crippen LogP contribution >= 0.6 is 0 Å². The number of nitriles is 1. The molecule has 0 fully saturated rings. The molecular formula is C29H28N2O6. The molecule has 0 radical (unpaired) electrons. The number of carboxylic acid groups (broad SMARTS) is 1. The van der Waals surface area contributed by atoms with Gasteiger partial charge >= 0.3 is 5.97 Å². The molecule has 1 heterocycles. The molecule has 2 unspecified atom stereocenters. The summed E-state index contributed by atoms with van der Waals surface area (Å²) >= 11 is 0. The first-order chi connectivity index (χ1) is 17.9. The molecule has 8 nitrogen and oxygen atoms in total. The van der Waals surface area contributed by atoms with Gasteiger partial charge in [-0.2, -0.15) is 5.26 Å². The Kier molecular flexibility index (Phi) is 8.39. The lowest BCUT2D eigenvalue weighted by molar-refractivity contribution is -0.151. The quantitative estimate of drug-likeness (QED) is 0.415. The van der Waals surface area contributed by atoms with Crippen molar-refractivity contribution in [2.24, 2.45) is 0 Å². The van der Waals surface area contributed by atoms with Crippen LogP contribution in [0.4, 0.5) is 0 Å². The zero-order chi connectivity index (χ0) is 26.2. The summed E-state index contributed by atoms with van der Waals surface area (Å²) in [6, 6.07) is 23.4. The van der Waals surface area contributed by atoms with Gasteiger partial charge in [0.1, 0.15) is 11.5 Å². The van der Waals surface area contributed by atoms with Gasteiger partial charge < -0.3 is 24.2 Å². The van der Waals surface area contributed by atoms with Crippen molar-refractivity contribution in [3.8, 4) is 17.6 Å². The molecule has 0 aromatic heterocycles. The van der Waals surface area contributed by atoms with Crippen LogP contribution in [-0.4, -0.2) is 47.4 Å². The van der Waals surface area contributed by atoms with Crippen LogP contribution in [0, 0.1) is 11.3 Å². The van der Waals surface area contributed by atoms with Crippen LogP contribution in [0.2, 0.25) is 0 Å². The summed E-state index contributed by atoms with van der Waals surface area (Å²) in [5.74, 6) is -0.0530. The van der Waals surface area contributed by atoms with E-state index in [2.05, 4.69) is 0 Å². The Morgan fingerprint density at radius 3 is 2.57 bits per heavy atom. The lowest BCUT2D eigenvalue weighted by atomic mass is 10.1. The highest BCUT2D eigenvalue weighted by atomic mass is 16.5. The van der Waals surface area contributed by atoms with E-state index >= 15 is 0 Å². The summed E-state index contributed by atoms with van der Waals surface area (Å²) in [6.45, 7) is 2.67. The van der Waals surface area contributed by atoms with E-state index in [0.717, 1.165) is 11.1 Å². The summed E-state index contributed by atoms with van der Waals surface area (Å²) in [6.07, 6.45) is -0.112. The van der Waals surface area contributed by atoms with Crippen molar-refractivity contribution >= 4 is 11.9 Å². The largest absolute Gasteiger partial charge is 0.494 e. The molecule has 1 aliphatic heterocycles. The third-order valence-electron chi connectivity index (χ3n) is 6.21. The normalized spacial score (nSPS) is 14.2. The summed E-state index contributed by atoms with van der Waals surface area (Å²) in [4.78, 5) is 26.2. The maximum Gasteiger partial charge on any atom is 0.333 e. The average molecular weight is 501 g/mol. The second kappa shape index (κ2) is 12.1. The average Bonchev–Trinajstić information content (AvgIpc) is 2.92. The van der Waals surface area contributed by atoms with Gasteiger partial charge in [0, 0.05) is 18.9 Å². The number of ether oxygens (including phenoxy) is 3. The lowest BCUT2D eigenvalue weighted by Gasteiger charge is -2.33. The van der Waals surface area contributed by atoms with Gasteiger partial charge in [0.15, 0.2) is 12.8 Å². The fourth-order valence-corrected chi connectivity index (χ4v) is 4.00. The number of carboxylic acids is 1. The minimum atomic E-state index is -1.00. The van der Waals surface area contributed by atoms with Crippen LogP contribution in [-0.2, 0) is 22.6 Å². The van der Waals surface area contributed by atoms with Crippen molar-refractivity contribution in [2.45, 2.75) is 38.5 Å². The van der Waals surface area contributed by atoms with E-state index in [4.69, 9.17) is 19.5 Å². The maximum absolute atomic E-state index is 12.9. The zero-order valence-electron chi connectivity index (χ0n) is 20.5. The number of hydrogen-bond acceptors (Lipinski definition) is 6. The summed E-state index contributed by atoms with van der Waals surface area (Å²) in [7, 11) is 0. The van der Waals surface area contributed by atoms with Crippen LogP contribution in [0.5, 0.6) is 11.5 Å². The fourth-order valence-electron chi connectivity index (χ4n) is 4.00. The number of carbonyl (C=O) groups is 2. The second-order valence-corrected chi connectivity index (χ2v) is 8.83. The minimum Gasteiger partial charge on any atom is -0.494 e. The van der Waals surface area contributed by atoms with Crippen LogP contribution in [0.1, 0.15) is 40.4 Å². The van der Waals surface area contributed by atoms with Gasteiger partial charge in [-0.1, -0.05) is 42.5 Å². The van der Waals surface area contributed by atoms with E-state index in [-0.39, 0.29) is 31.7 Å². The Morgan fingerprint density at radius 1 is 1.11 bits per heavy atom. The molecule has 1 amide bonds. The predicted octanol–water partition coefficient (Wildman–Crippen LogP) is 4.42. The third-order valence-corrected chi connectivity index (χ3v) is 6.21. The van der Waals surface area contributed by atoms with Gasteiger partial charge in [-0.05, 0) is 48.4 Å². The highest BCUT2D eigenvalue weighted by Gasteiger charge is 2.29. The van der Waals surface area contributed by atoms with E-state index < -0.39 is 12.1 Å². The van der Waals surface area contributed by atoms with E-state index in [1.807, 2.05) is 55.5 Å². The summed E-state index contributed by atoms with van der Waals surface area (Å²) in [5, 5.41) is 18.6. The van der Waals surface area contributed by atoms with Crippen molar-refractivity contribution in [1.82, 2.24) is 4.90 Å². The van der Waals surface area contributed by atoms with Crippen LogP contribution in [0.15, 0.2) is 72.8 Å². The number of carbonyl (C=O) groups excluding carboxylic acids is 1. The molecule has 0 saturated carbocycles. The molecule has 2 atom stereocenters. The number of hydrogen-bond donors (Lipinski definition) is 1. The molecule has 0 saturated heterocycles. The molecule has 0 bridgehead atoms. The minimum absolute atomic E-state index is 0.117. The number of rotatable bonds is 11. The Balaban J connectivity index is 1.25. The highest BCUT2D eigenvalue weighted by molar-refractivity contribution is 5.98. The van der Waals surface area contributed by atoms with Crippen molar-refractivity contribution in [2.75, 3.05) is 13.3 Å².